The summed E-state index contributed by atoms with van der Waals surface area (Å²) in [7, 11) is 0. The summed E-state index contributed by atoms with van der Waals surface area (Å²) in [6.45, 7) is 0. The lowest BCUT2D eigenvalue weighted by atomic mass is 10.0. The van der Waals surface area contributed by atoms with Gasteiger partial charge in [0.25, 0.3) is 0 Å². The quantitative estimate of drug-likeness (QED) is 0.612. The molecule has 2 nitrogen and oxygen atoms in total. The van der Waals surface area contributed by atoms with Crippen LogP contribution in [0.4, 0.5) is 0 Å². The zero-order chi connectivity index (χ0) is 6.27. The molecule has 2 rings (SSSR count). The van der Waals surface area contributed by atoms with Crippen molar-refractivity contribution in [1.82, 2.24) is 5.32 Å². The maximum atomic E-state index is 5.82. The van der Waals surface area contributed by atoms with E-state index in [2.05, 4.69) is 5.32 Å². The Bertz CT molecular complexity index is 109. The maximum absolute atomic E-state index is 5.82. The molecular weight excluding hydrogens is 183 g/mol. The van der Waals surface area contributed by atoms with Crippen molar-refractivity contribution < 1.29 is 0 Å². The molecule has 2 aliphatic heterocycles. The van der Waals surface area contributed by atoms with Crippen LogP contribution in [0.1, 0.15) is 25.7 Å². The van der Waals surface area contributed by atoms with Gasteiger partial charge in [0.2, 0.25) is 0 Å². The Labute approximate surface area is 80.1 Å². The Kier molecular flexibility index (Phi) is 4.71. The Morgan fingerprint density at radius 2 is 1.45 bits per heavy atom. The second kappa shape index (κ2) is 4.51. The fourth-order valence-electron chi connectivity index (χ4n) is 2.10. The fourth-order valence-corrected chi connectivity index (χ4v) is 2.10. The zero-order valence-corrected chi connectivity index (χ0v) is 8.09. The van der Waals surface area contributed by atoms with Crippen molar-refractivity contribution in [2.75, 3.05) is 0 Å². The molecule has 2 unspecified atom stereocenters. The summed E-state index contributed by atoms with van der Waals surface area (Å²) in [6.07, 6.45) is 5.13. The Morgan fingerprint density at radius 3 is 1.91 bits per heavy atom. The third-order valence-electron chi connectivity index (χ3n) is 2.51. The van der Waals surface area contributed by atoms with E-state index in [-0.39, 0.29) is 24.8 Å². The van der Waals surface area contributed by atoms with E-state index in [0.717, 1.165) is 12.1 Å². The molecule has 2 saturated heterocycles. The second-order valence-electron chi connectivity index (χ2n) is 3.37. The maximum Gasteiger partial charge on any atom is 0.00849 e. The van der Waals surface area contributed by atoms with Crippen molar-refractivity contribution in [3.05, 3.63) is 0 Å². The average molecular weight is 199 g/mol. The van der Waals surface area contributed by atoms with Crippen molar-refractivity contribution >= 4 is 24.8 Å². The predicted molar refractivity (Wildman–Crippen MR) is 51.7 cm³/mol. The molecular formula is C7H16Cl2N2. The number of fused-ring (bicyclic) bond motifs is 2. The summed E-state index contributed by atoms with van der Waals surface area (Å²) in [6, 6.07) is 2.02. The summed E-state index contributed by atoms with van der Waals surface area (Å²) in [4.78, 5) is 0. The first-order valence-electron chi connectivity index (χ1n) is 3.86. The molecule has 0 radical (unpaired) electrons. The molecule has 0 aromatic carbocycles. The van der Waals surface area contributed by atoms with Crippen LogP contribution in [0, 0.1) is 0 Å². The van der Waals surface area contributed by atoms with Crippen LogP contribution in [0.5, 0.6) is 0 Å². The number of rotatable bonds is 0. The van der Waals surface area contributed by atoms with Gasteiger partial charge >= 0.3 is 0 Å². The molecule has 2 bridgehead atoms. The van der Waals surface area contributed by atoms with Gasteiger partial charge in [-0.3, -0.25) is 0 Å². The summed E-state index contributed by atoms with van der Waals surface area (Å²) in [5.74, 6) is 0. The highest BCUT2D eigenvalue weighted by Gasteiger charge is 2.31. The first-order valence-corrected chi connectivity index (χ1v) is 3.86. The van der Waals surface area contributed by atoms with Gasteiger partial charge < -0.3 is 11.1 Å². The molecule has 2 heterocycles. The molecule has 0 aromatic heterocycles. The molecule has 68 valence electrons. The van der Waals surface area contributed by atoms with Crippen molar-refractivity contribution in [3.8, 4) is 0 Å². The van der Waals surface area contributed by atoms with Gasteiger partial charge in [-0.2, -0.15) is 0 Å². The topological polar surface area (TPSA) is 38.0 Å². The Morgan fingerprint density at radius 1 is 1.00 bits per heavy atom. The van der Waals surface area contributed by atoms with Gasteiger partial charge in [0.05, 0.1) is 0 Å². The van der Waals surface area contributed by atoms with Gasteiger partial charge in [-0.15, -0.1) is 24.8 Å². The highest BCUT2D eigenvalue weighted by molar-refractivity contribution is 5.85. The number of hydrogen-bond donors (Lipinski definition) is 2. The number of hydrogen-bond acceptors (Lipinski definition) is 2. The molecule has 3 N–H and O–H groups in total. The molecule has 2 atom stereocenters. The van der Waals surface area contributed by atoms with E-state index in [4.69, 9.17) is 5.73 Å². The van der Waals surface area contributed by atoms with Crippen LogP contribution >= 0.6 is 24.8 Å². The van der Waals surface area contributed by atoms with Gasteiger partial charge in [-0.05, 0) is 25.7 Å². The standard InChI is InChI=1S/C7H14N2.2ClH/c8-5-3-6-1-2-7(4-5)9-6;;/h5-7,9H,1-4,8H2;2*1H. The highest BCUT2D eigenvalue weighted by Crippen LogP contribution is 2.25. The lowest BCUT2D eigenvalue weighted by Gasteiger charge is -2.25. The highest BCUT2D eigenvalue weighted by atomic mass is 35.5. The van der Waals surface area contributed by atoms with Crippen LogP contribution in [-0.2, 0) is 0 Å². The third kappa shape index (κ3) is 2.48. The number of nitrogens with one attached hydrogen (secondary N) is 1. The average Bonchev–Trinajstić information content (AvgIpc) is 2.11. The molecule has 0 amide bonds. The lowest BCUT2D eigenvalue weighted by Crippen LogP contribution is -2.43. The minimum absolute atomic E-state index is 0. The summed E-state index contributed by atoms with van der Waals surface area (Å²) >= 11 is 0. The second-order valence-corrected chi connectivity index (χ2v) is 3.37. The third-order valence-corrected chi connectivity index (χ3v) is 2.51. The summed E-state index contributed by atoms with van der Waals surface area (Å²) in [5.41, 5.74) is 5.82. The van der Waals surface area contributed by atoms with Crippen LogP contribution in [-0.4, -0.2) is 18.1 Å². The van der Waals surface area contributed by atoms with Crippen LogP contribution in [0.3, 0.4) is 0 Å². The van der Waals surface area contributed by atoms with Crippen molar-refractivity contribution in [2.45, 2.75) is 43.8 Å². The van der Waals surface area contributed by atoms with Crippen molar-refractivity contribution in [3.63, 3.8) is 0 Å². The SMILES string of the molecule is Cl.Cl.NC1CC2CCC(C1)N2. The fraction of sp³-hybridized carbons (Fsp3) is 1.00. The van der Waals surface area contributed by atoms with Crippen LogP contribution < -0.4 is 11.1 Å². The normalized spacial score (nSPS) is 40.6. The molecule has 4 heteroatoms. The minimum Gasteiger partial charge on any atom is -0.328 e. The molecule has 2 aliphatic rings. The number of piperidine rings is 1. The molecule has 11 heavy (non-hydrogen) atoms. The van der Waals surface area contributed by atoms with Crippen LogP contribution in [0.15, 0.2) is 0 Å². The van der Waals surface area contributed by atoms with E-state index in [1.165, 1.54) is 25.7 Å². The van der Waals surface area contributed by atoms with Crippen LogP contribution in [0.25, 0.3) is 0 Å². The molecule has 0 aliphatic carbocycles. The number of halogens is 2. The van der Waals surface area contributed by atoms with E-state index in [0.29, 0.717) is 6.04 Å². The van der Waals surface area contributed by atoms with Gasteiger partial charge in [-0.25, -0.2) is 0 Å². The van der Waals surface area contributed by atoms with Crippen molar-refractivity contribution in [2.24, 2.45) is 5.73 Å². The molecule has 0 saturated carbocycles. The van der Waals surface area contributed by atoms with Gasteiger partial charge in [0.1, 0.15) is 0 Å². The van der Waals surface area contributed by atoms with Gasteiger partial charge in [-0.1, -0.05) is 0 Å². The van der Waals surface area contributed by atoms with E-state index in [1.807, 2.05) is 0 Å². The lowest BCUT2D eigenvalue weighted by molar-refractivity contribution is 0.363. The molecule has 0 spiro atoms. The Balaban J connectivity index is 0.000000500. The summed E-state index contributed by atoms with van der Waals surface area (Å²) < 4.78 is 0. The van der Waals surface area contributed by atoms with Gasteiger partial charge in [0, 0.05) is 18.1 Å². The van der Waals surface area contributed by atoms with E-state index in [9.17, 15) is 0 Å². The van der Waals surface area contributed by atoms with Crippen LogP contribution in [0.2, 0.25) is 0 Å². The summed E-state index contributed by atoms with van der Waals surface area (Å²) in [5, 5.41) is 3.54. The predicted octanol–water partition coefficient (Wildman–Crippen LogP) is 1.07. The van der Waals surface area contributed by atoms with E-state index in [1.54, 1.807) is 0 Å². The first-order chi connectivity index (χ1) is 4.34. The minimum atomic E-state index is 0. The van der Waals surface area contributed by atoms with E-state index >= 15 is 0 Å². The first kappa shape index (κ1) is 11.5. The number of nitrogens with two attached hydrogens (primary N) is 1. The van der Waals surface area contributed by atoms with E-state index < -0.39 is 0 Å². The molecule has 2 fully saturated rings. The smallest absolute Gasteiger partial charge is 0.00849 e. The largest absolute Gasteiger partial charge is 0.328 e. The Hall–Kier alpha value is 0.500. The molecule has 0 aromatic rings. The monoisotopic (exact) mass is 198 g/mol. The van der Waals surface area contributed by atoms with Crippen molar-refractivity contribution in [1.29, 1.82) is 0 Å². The van der Waals surface area contributed by atoms with Gasteiger partial charge in [0.15, 0.2) is 0 Å². The zero-order valence-electron chi connectivity index (χ0n) is 6.45.